The van der Waals surface area contributed by atoms with Crippen LogP contribution in [0.4, 0.5) is 4.39 Å². The zero-order chi connectivity index (χ0) is 13.0. The van der Waals surface area contributed by atoms with Gasteiger partial charge in [0.15, 0.2) is 0 Å². The van der Waals surface area contributed by atoms with Crippen molar-refractivity contribution in [3.8, 4) is 0 Å². The highest BCUT2D eigenvalue weighted by molar-refractivity contribution is 5.88. The first kappa shape index (κ1) is 12.0. The van der Waals surface area contributed by atoms with Crippen molar-refractivity contribution in [1.29, 1.82) is 0 Å². The predicted molar refractivity (Wildman–Crippen MR) is 66.5 cm³/mol. The number of carbonyl (C=O) groups is 1. The minimum Gasteiger partial charge on any atom is -0.478 e. The van der Waals surface area contributed by atoms with E-state index < -0.39 is 5.97 Å². The maximum absolute atomic E-state index is 12.6. The van der Waals surface area contributed by atoms with Crippen LogP contribution in [0.3, 0.4) is 0 Å². The minimum absolute atomic E-state index is 0.243. The first-order valence-electron chi connectivity index (χ1n) is 5.28. The number of carboxylic acids is 1. The van der Waals surface area contributed by atoms with Gasteiger partial charge in [0, 0.05) is 0 Å². The number of rotatable bonds is 3. The lowest BCUT2D eigenvalue weighted by molar-refractivity contribution is 0.0697. The van der Waals surface area contributed by atoms with E-state index in [1.165, 1.54) is 18.2 Å². The van der Waals surface area contributed by atoms with E-state index in [9.17, 15) is 9.18 Å². The highest BCUT2D eigenvalue weighted by atomic mass is 19.1. The van der Waals surface area contributed by atoms with Crippen LogP contribution in [0.5, 0.6) is 0 Å². The van der Waals surface area contributed by atoms with Crippen molar-refractivity contribution in [3.05, 3.63) is 65.2 Å². The first-order valence-corrected chi connectivity index (χ1v) is 5.28. The van der Waals surface area contributed by atoms with Gasteiger partial charge in [-0.15, -0.1) is 0 Å². The molecular formula is C14H10FNO2. The van der Waals surface area contributed by atoms with Crippen molar-refractivity contribution in [1.82, 2.24) is 4.98 Å². The second-order valence-corrected chi connectivity index (χ2v) is 3.66. The third kappa shape index (κ3) is 3.01. The Kier molecular flexibility index (Phi) is 3.48. The Morgan fingerprint density at radius 2 is 1.83 bits per heavy atom. The van der Waals surface area contributed by atoms with E-state index in [0.29, 0.717) is 5.69 Å². The molecule has 0 unspecified atom stereocenters. The fraction of sp³-hybridized carbons (Fsp3) is 0. The van der Waals surface area contributed by atoms with Crippen LogP contribution in [0.15, 0.2) is 42.6 Å². The highest BCUT2D eigenvalue weighted by Crippen LogP contribution is 2.09. The average molecular weight is 243 g/mol. The van der Waals surface area contributed by atoms with Gasteiger partial charge in [0.05, 0.1) is 17.5 Å². The molecule has 0 spiro atoms. The third-order valence-electron chi connectivity index (χ3n) is 2.35. The zero-order valence-corrected chi connectivity index (χ0v) is 9.38. The number of hydrogen-bond donors (Lipinski definition) is 1. The molecule has 4 heteroatoms. The molecule has 1 aromatic heterocycles. The fourth-order valence-corrected chi connectivity index (χ4v) is 1.40. The van der Waals surface area contributed by atoms with E-state index in [2.05, 4.69) is 4.98 Å². The van der Waals surface area contributed by atoms with Gasteiger partial charge in [0.2, 0.25) is 0 Å². The normalized spacial score (nSPS) is 10.7. The topological polar surface area (TPSA) is 50.2 Å². The number of carboxylic acid groups (broad SMARTS) is 1. The molecule has 1 heterocycles. The van der Waals surface area contributed by atoms with Gasteiger partial charge in [-0.2, -0.15) is 0 Å². The quantitative estimate of drug-likeness (QED) is 0.901. The van der Waals surface area contributed by atoms with Gasteiger partial charge in [-0.3, -0.25) is 4.98 Å². The number of benzene rings is 1. The van der Waals surface area contributed by atoms with Crippen molar-refractivity contribution in [3.63, 3.8) is 0 Å². The smallest absolute Gasteiger partial charge is 0.335 e. The number of hydrogen-bond acceptors (Lipinski definition) is 2. The van der Waals surface area contributed by atoms with Crippen molar-refractivity contribution in [2.24, 2.45) is 0 Å². The van der Waals surface area contributed by atoms with Gasteiger partial charge in [0.1, 0.15) is 5.82 Å². The summed E-state index contributed by atoms with van der Waals surface area (Å²) in [6.45, 7) is 0. The largest absolute Gasteiger partial charge is 0.478 e. The van der Waals surface area contributed by atoms with Gasteiger partial charge < -0.3 is 5.11 Å². The van der Waals surface area contributed by atoms with Crippen LogP contribution in [-0.2, 0) is 0 Å². The summed E-state index contributed by atoms with van der Waals surface area (Å²) in [6, 6.07) is 9.35. The van der Waals surface area contributed by atoms with E-state index in [1.807, 2.05) is 0 Å². The second kappa shape index (κ2) is 5.23. The Balaban J connectivity index is 2.13. The van der Waals surface area contributed by atoms with E-state index in [-0.39, 0.29) is 11.4 Å². The maximum Gasteiger partial charge on any atom is 0.335 e. The molecule has 0 atom stereocenters. The standard InChI is InChI=1S/C14H10FNO2/c15-12-6-8-13(16-9-12)7-3-10-1-4-11(5-2-10)14(17)18/h1-9H,(H,17,18). The Morgan fingerprint density at radius 1 is 1.11 bits per heavy atom. The molecule has 0 aliphatic carbocycles. The van der Waals surface area contributed by atoms with E-state index in [1.54, 1.807) is 30.4 Å². The Labute approximate surface area is 103 Å². The van der Waals surface area contributed by atoms with Gasteiger partial charge in [0.25, 0.3) is 0 Å². The molecular weight excluding hydrogens is 233 g/mol. The summed E-state index contributed by atoms with van der Waals surface area (Å²) >= 11 is 0. The third-order valence-corrected chi connectivity index (χ3v) is 2.35. The summed E-state index contributed by atoms with van der Waals surface area (Å²) in [5.74, 6) is -1.33. The van der Waals surface area contributed by atoms with Crippen LogP contribution in [0.25, 0.3) is 12.2 Å². The summed E-state index contributed by atoms with van der Waals surface area (Å²) in [6.07, 6.45) is 4.66. The number of pyridine rings is 1. The van der Waals surface area contributed by atoms with Crippen molar-refractivity contribution in [2.45, 2.75) is 0 Å². The lowest BCUT2D eigenvalue weighted by Crippen LogP contribution is -1.94. The van der Waals surface area contributed by atoms with Crippen LogP contribution in [0.1, 0.15) is 21.6 Å². The lowest BCUT2D eigenvalue weighted by Gasteiger charge is -1.96. The molecule has 2 aromatic rings. The lowest BCUT2D eigenvalue weighted by atomic mass is 10.1. The molecule has 0 aliphatic heterocycles. The van der Waals surface area contributed by atoms with Crippen LogP contribution in [0.2, 0.25) is 0 Å². The molecule has 3 nitrogen and oxygen atoms in total. The Hall–Kier alpha value is -2.49. The van der Waals surface area contributed by atoms with Crippen LogP contribution in [0, 0.1) is 5.82 Å². The monoisotopic (exact) mass is 243 g/mol. The SMILES string of the molecule is O=C(O)c1ccc(C=Cc2ccc(F)cn2)cc1. The van der Waals surface area contributed by atoms with E-state index >= 15 is 0 Å². The molecule has 0 radical (unpaired) electrons. The molecule has 1 N–H and O–H groups in total. The van der Waals surface area contributed by atoms with E-state index in [0.717, 1.165) is 11.8 Å². The molecule has 0 amide bonds. The van der Waals surface area contributed by atoms with Gasteiger partial charge >= 0.3 is 5.97 Å². The molecule has 0 bridgehead atoms. The summed E-state index contributed by atoms with van der Waals surface area (Å²) < 4.78 is 12.6. The van der Waals surface area contributed by atoms with Crippen molar-refractivity contribution in [2.75, 3.05) is 0 Å². The van der Waals surface area contributed by atoms with Gasteiger partial charge in [-0.25, -0.2) is 9.18 Å². The highest BCUT2D eigenvalue weighted by Gasteiger charge is 2.00. The van der Waals surface area contributed by atoms with Gasteiger partial charge in [-0.05, 0) is 35.9 Å². The minimum atomic E-state index is -0.953. The average Bonchev–Trinajstić information content (AvgIpc) is 2.38. The molecule has 2 rings (SSSR count). The molecule has 0 aliphatic rings. The Bertz CT molecular complexity index is 574. The number of halogens is 1. The summed E-state index contributed by atoms with van der Waals surface area (Å²) in [4.78, 5) is 14.5. The van der Waals surface area contributed by atoms with Crippen LogP contribution < -0.4 is 0 Å². The summed E-state index contributed by atoms with van der Waals surface area (Å²) in [7, 11) is 0. The number of aromatic nitrogens is 1. The molecule has 0 fully saturated rings. The summed E-state index contributed by atoms with van der Waals surface area (Å²) in [5.41, 5.74) is 1.73. The second-order valence-electron chi connectivity index (χ2n) is 3.66. The van der Waals surface area contributed by atoms with Crippen LogP contribution in [-0.4, -0.2) is 16.1 Å². The molecule has 18 heavy (non-hydrogen) atoms. The summed E-state index contributed by atoms with van der Waals surface area (Å²) in [5, 5.41) is 8.75. The molecule has 0 saturated carbocycles. The molecule has 90 valence electrons. The van der Waals surface area contributed by atoms with Crippen LogP contribution >= 0.6 is 0 Å². The number of aromatic carboxylic acids is 1. The van der Waals surface area contributed by atoms with Crippen molar-refractivity contribution < 1.29 is 14.3 Å². The fourth-order valence-electron chi connectivity index (χ4n) is 1.40. The molecule has 1 aromatic carbocycles. The first-order chi connectivity index (χ1) is 8.65. The Morgan fingerprint density at radius 3 is 2.39 bits per heavy atom. The zero-order valence-electron chi connectivity index (χ0n) is 9.38. The van der Waals surface area contributed by atoms with Crippen molar-refractivity contribution >= 4 is 18.1 Å². The van der Waals surface area contributed by atoms with Gasteiger partial charge in [-0.1, -0.05) is 18.2 Å². The molecule has 0 saturated heterocycles. The van der Waals surface area contributed by atoms with E-state index in [4.69, 9.17) is 5.11 Å². The maximum atomic E-state index is 12.6. The number of nitrogens with zero attached hydrogens (tertiary/aromatic N) is 1. The predicted octanol–water partition coefficient (Wildman–Crippen LogP) is 3.09.